The Labute approximate surface area is 137 Å². The summed E-state index contributed by atoms with van der Waals surface area (Å²) in [6.45, 7) is 2.66. The van der Waals surface area contributed by atoms with Crippen LogP contribution in [0.25, 0.3) is 0 Å². The Bertz CT molecular complexity index is 646. The first kappa shape index (κ1) is 15.9. The van der Waals surface area contributed by atoms with Crippen LogP contribution in [0.1, 0.15) is 11.1 Å². The average Bonchev–Trinajstić information content (AvgIpc) is 2.47. The molecule has 0 fully saturated rings. The Morgan fingerprint density at radius 1 is 1.24 bits per heavy atom. The molecular formula is C16H16BrClN2O. The van der Waals surface area contributed by atoms with Crippen molar-refractivity contribution in [2.24, 2.45) is 0 Å². The highest BCUT2D eigenvalue weighted by Crippen LogP contribution is 2.19. The molecule has 0 heterocycles. The van der Waals surface area contributed by atoms with Crippen molar-refractivity contribution in [1.29, 1.82) is 0 Å². The molecule has 1 amide bonds. The predicted octanol–water partition coefficient (Wildman–Crippen LogP) is 4.14. The third-order valence-corrected chi connectivity index (χ3v) is 4.30. The van der Waals surface area contributed by atoms with Crippen molar-refractivity contribution < 1.29 is 4.79 Å². The van der Waals surface area contributed by atoms with Crippen molar-refractivity contribution in [3.63, 3.8) is 0 Å². The van der Waals surface area contributed by atoms with E-state index in [-0.39, 0.29) is 12.5 Å². The van der Waals surface area contributed by atoms with E-state index in [1.165, 1.54) is 0 Å². The fourth-order valence-corrected chi connectivity index (χ4v) is 2.28. The molecule has 0 aliphatic rings. The van der Waals surface area contributed by atoms with Gasteiger partial charge in [-0.1, -0.05) is 45.7 Å². The quantitative estimate of drug-likeness (QED) is 0.834. The van der Waals surface area contributed by atoms with Gasteiger partial charge in [-0.25, -0.2) is 0 Å². The topological polar surface area (TPSA) is 41.1 Å². The number of nitrogens with one attached hydrogen (secondary N) is 2. The van der Waals surface area contributed by atoms with E-state index in [0.29, 0.717) is 11.6 Å². The van der Waals surface area contributed by atoms with Crippen LogP contribution in [-0.4, -0.2) is 12.5 Å². The molecule has 0 unspecified atom stereocenters. The smallest absolute Gasteiger partial charge is 0.239 e. The number of rotatable bonds is 5. The highest BCUT2D eigenvalue weighted by atomic mass is 79.9. The minimum Gasteiger partial charge on any atom is -0.376 e. The van der Waals surface area contributed by atoms with Gasteiger partial charge in [0.2, 0.25) is 5.91 Å². The van der Waals surface area contributed by atoms with E-state index < -0.39 is 0 Å². The van der Waals surface area contributed by atoms with Crippen molar-refractivity contribution in [3.8, 4) is 0 Å². The van der Waals surface area contributed by atoms with Crippen LogP contribution in [0.5, 0.6) is 0 Å². The fraction of sp³-hybridized carbons (Fsp3) is 0.188. The number of halogens is 2. The second kappa shape index (κ2) is 7.48. The molecule has 0 saturated heterocycles. The minimum absolute atomic E-state index is 0.0736. The normalized spacial score (nSPS) is 10.2. The summed E-state index contributed by atoms with van der Waals surface area (Å²) in [5.41, 5.74) is 2.95. The first-order valence-electron chi connectivity index (χ1n) is 6.56. The summed E-state index contributed by atoms with van der Waals surface area (Å²) in [5.74, 6) is -0.0736. The third kappa shape index (κ3) is 4.76. The molecule has 0 atom stereocenters. The summed E-state index contributed by atoms with van der Waals surface area (Å²) in [6.07, 6.45) is 0. The third-order valence-electron chi connectivity index (χ3n) is 3.04. The van der Waals surface area contributed by atoms with E-state index in [2.05, 4.69) is 26.6 Å². The molecule has 0 radical (unpaired) electrons. The molecule has 110 valence electrons. The number of carbonyl (C=O) groups excluding carboxylic acids is 1. The van der Waals surface area contributed by atoms with Crippen LogP contribution >= 0.6 is 27.5 Å². The van der Waals surface area contributed by atoms with E-state index in [1.54, 1.807) is 0 Å². The SMILES string of the molecule is Cc1cc(NCC(=O)NCc2ccccc2Cl)ccc1Br. The fourth-order valence-electron chi connectivity index (χ4n) is 1.84. The zero-order valence-corrected chi connectivity index (χ0v) is 14.0. The standard InChI is InChI=1S/C16H16BrClN2O/c1-11-8-13(6-7-14(11)17)19-10-16(21)20-9-12-4-2-3-5-15(12)18/h2-8,19H,9-10H2,1H3,(H,20,21). The van der Waals surface area contributed by atoms with Crippen LogP contribution < -0.4 is 10.6 Å². The molecule has 2 aromatic carbocycles. The summed E-state index contributed by atoms with van der Waals surface area (Å²) in [5, 5.41) is 6.60. The molecule has 0 bridgehead atoms. The van der Waals surface area contributed by atoms with Gasteiger partial charge in [-0.2, -0.15) is 0 Å². The number of hydrogen-bond acceptors (Lipinski definition) is 2. The van der Waals surface area contributed by atoms with Gasteiger partial charge in [0.15, 0.2) is 0 Å². The lowest BCUT2D eigenvalue weighted by molar-refractivity contribution is -0.119. The number of benzene rings is 2. The van der Waals surface area contributed by atoms with Crippen molar-refractivity contribution in [3.05, 3.63) is 63.1 Å². The van der Waals surface area contributed by atoms with Gasteiger partial charge in [-0.3, -0.25) is 4.79 Å². The molecule has 3 nitrogen and oxygen atoms in total. The molecule has 21 heavy (non-hydrogen) atoms. The van der Waals surface area contributed by atoms with Crippen LogP contribution in [0.3, 0.4) is 0 Å². The van der Waals surface area contributed by atoms with Crippen LogP contribution in [-0.2, 0) is 11.3 Å². The van der Waals surface area contributed by atoms with E-state index in [9.17, 15) is 4.79 Å². The van der Waals surface area contributed by atoms with Crippen molar-refractivity contribution in [2.45, 2.75) is 13.5 Å². The lowest BCUT2D eigenvalue weighted by Crippen LogP contribution is -2.29. The molecule has 2 N–H and O–H groups in total. The number of aryl methyl sites for hydroxylation is 1. The van der Waals surface area contributed by atoms with Gasteiger partial charge in [-0.05, 0) is 42.3 Å². The van der Waals surface area contributed by atoms with Crippen LogP contribution in [0.2, 0.25) is 5.02 Å². The summed E-state index contributed by atoms with van der Waals surface area (Å²) >= 11 is 9.49. The predicted molar refractivity (Wildman–Crippen MR) is 90.7 cm³/mol. The second-order valence-corrected chi connectivity index (χ2v) is 5.95. The second-order valence-electron chi connectivity index (χ2n) is 4.69. The van der Waals surface area contributed by atoms with Gasteiger partial charge in [0.1, 0.15) is 0 Å². The molecule has 2 aromatic rings. The maximum Gasteiger partial charge on any atom is 0.239 e. The summed E-state index contributed by atoms with van der Waals surface area (Å²) in [4.78, 5) is 11.8. The maximum absolute atomic E-state index is 11.8. The molecule has 0 aromatic heterocycles. The van der Waals surface area contributed by atoms with E-state index >= 15 is 0 Å². The molecule has 2 rings (SSSR count). The lowest BCUT2D eigenvalue weighted by Gasteiger charge is -2.10. The van der Waals surface area contributed by atoms with Gasteiger partial charge in [0.05, 0.1) is 6.54 Å². The first-order chi connectivity index (χ1) is 10.1. The lowest BCUT2D eigenvalue weighted by atomic mass is 10.2. The highest BCUT2D eigenvalue weighted by molar-refractivity contribution is 9.10. The van der Waals surface area contributed by atoms with Gasteiger partial charge < -0.3 is 10.6 Å². The number of amides is 1. The first-order valence-corrected chi connectivity index (χ1v) is 7.73. The maximum atomic E-state index is 11.8. The van der Waals surface area contributed by atoms with E-state index in [4.69, 9.17) is 11.6 Å². The Kier molecular flexibility index (Phi) is 5.65. The molecule has 0 spiro atoms. The van der Waals surface area contributed by atoms with Crippen molar-refractivity contribution in [2.75, 3.05) is 11.9 Å². The zero-order chi connectivity index (χ0) is 15.2. The largest absolute Gasteiger partial charge is 0.376 e. The highest BCUT2D eigenvalue weighted by Gasteiger charge is 2.04. The van der Waals surface area contributed by atoms with E-state index in [1.807, 2.05) is 49.4 Å². The Hall–Kier alpha value is -1.52. The zero-order valence-electron chi connectivity index (χ0n) is 11.6. The molecule has 5 heteroatoms. The van der Waals surface area contributed by atoms with Gasteiger partial charge in [0, 0.05) is 21.7 Å². The number of carbonyl (C=O) groups is 1. The Morgan fingerprint density at radius 3 is 2.71 bits per heavy atom. The van der Waals surface area contributed by atoms with Gasteiger partial charge in [0.25, 0.3) is 0 Å². The van der Waals surface area contributed by atoms with Gasteiger partial charge >= 0.3 is 0 Å². The van der Waals surface area contributed by atoms with Crippen LogP contribution in [0, 0.1) is 6.92 Å². The number of hydrogen-bond donors (Lipinski definition) is 2. The Morgan fingerprint density at radius 2 is 2.00 bits per heavy atom. The van der Waals surface area contributed by atoms with Gasteiger partial charge in [-0.15, -0.1) is 0 Å². The summed E-state index contributed by atoms with van der Waals surface area (Å²) < 4.78 is 1.05. The van der Waals surface area contributed by atoms with Crippen molar-refractivity contribution >= 4 is 39.1 Å². The molecule has 0 aliphatic carbocycles. The molecule has 0 saturated carbocycles. The van der Waals surface area contributed by atoms with E-state index in [0.717, 1.165) is 21.3 Å². The van der Waals surface area contributed by atoms with Crippen molar-refractivity contribution in [1.82, 2.24) is 5.32 Å². The molecular weight excluding hydrogens is 352 g/mol. The van der Waals surface area contributed by atoms with Crippen LogP contribution in [0.15, 0.2) is 46.9 Å². The summed E-state index contributed by atoms with van der Waals surface area (Å²) in [6, 6.07) is 13.4. The minimum atomic E-state index is -0.0736. The number of anilines is 1. The average molecular weight is 368 g/mol. The molecule has 0 aliphatic heterocycles. The Balaban J connectivity index is 1.82. The van der Waals surface area contributed by atoms with Crippen LogP contribution in [0.4, 0.5) is 5.69 Å². The summed E-state index contributed by atoms with van der Waals surface area (Å²) in [7, 11) is 0. The monoisotopic (exact) mass is 366 g/mol.